The van der Waals surface area contributed by atoms with Crippen LogP contribution in [-0.4, -0.2) is 34.0 Å². The number of benzene rings is 1. The smallest absolute Gasteiger partial charge is 0.337 e. The van der Waals surface area contributed by atoms with E-state index in [2.05, 4.69) is 28.9 Å². The van der Waals surface area contributed by atoms with E-state index < -0.39 is 5.97 Å². The molecule has 0 saturated carbocycles. The van der Waals surface area contributed by atoms with Crippen LogP contribution >= 0.6 is 11.6 Å². The zero-order valence-corrected chi connectivity index (χ0v) is 13.8. The molecule has 1 aliphatic rings. The highest BCUT2D eigenvalue weighted by Gasteiger charge is 2.19. The van der Waals surface area contributed by atoms with Crippen molar-refractivity contribution in [3.63, 3.8) is 0 Å². The summed E-state index contributed by atoms with van der Waals surface area (Å²) in [6, 6.07) is 10.0. The summed E-state index contributed by atoms with van der Waals surface area (Å²) in [5.41, 5.74) is 2.87. The zero-order chi connectivity index (χ0) is 16.4. The van der Waals surface area contributed by atoms with Crippen molar-refractivity contribution in [2.45, 2.75) is 25.8 Å². The van der Waals surface area contributed by atoms with Crippen LogP contribution in [0.4, 0.5) is 0 Å². The largest absolute Gasteiger partial charge is 0.478 e. The normalized spacial score (nSPS) is 16.4. The van der Waals surface area contributed by atoms with Gasteiger partial charge < -0.3 is 5.11 Å². The average Bonchev–Trinajstić information content (AvgIpc) is 3.08. The van der Waals surface area contributed by atoms with E-state index in [9.17, 15) is 4.79 Å². The fourth-order valence-electron chi connectivity index (χ4n) is 3.03. The van der Waals surface area contributed by atoms with Gasteiger partial charge in [-0.25, -0.2) is 4.79 Å². The zero-order valence-electron chi connectivity index (χ0n) is 13.0. The molecular weight excluding hydrogens is 312 g/mol. The van der Waals surface area contributed by atoms with Crippen LogP contribution < -0.4 is 0 Å². The van der Waals surface area contributed by atoms with Crippen molar-refractivity contribution in [3.8, 4) is 11.3 Å². The minimum Gasteiger partial charge on any atom is -0.478 e. The molecule has 0 aliphatic carbocycles. The highest BCUT2D eigenvalue weighted by molar-refractivity contribution is 6.33. The first-order valence-corrected chi connectivity index (χ1v) is 8.17. The molecule has 1 N–H and O–H groups in total. The second-order valence-electron chi connectivity index (χ2n) is 5.90. The van der Waals surface area contributed by atoms with Crippen LogP contribution in [0.5, 0.6) is 0 Å². The lowest BCUT2D eigenvalue weighted by atomic mass is 10.0. The maximum Gasteiger partial charge on any atom is 0.337 e. The maximum atomic E-state index is 10.9. The lowest BCUT2D eigenvalue weighted by Crippen LogP contribution is -2.23. The number of halogens is 1. The Balaban J connectivity index is 1.83. The predicted molar refractivity (Wildman–Crippen MR) is 90.9 cm³/mol. The molecule has 4 nitrogen and oxygen atoms in total. The predicted octanol–water partition coefficient (Wildman–Crippen LogP) is 4.26. The Kier molecular flexibility index (Phi) is 4.64. The van der Waals surface area contributed by atoms with Crippen LogP contribution in [0.1, 0.15) is 41.7 Å². The Morgan fingerprint density at radius 3 is 2.48 bits per heavy atom. The Bertz CT molecular complexity index is 709. The van der Waals surface area contributed by atoms with E-state index in [0.29, 0.717) is 16.8 Å². The fraction of sp³-hybridized carbons (Fsp3) is 0.333. The lowest BCUT2D eigenvalue weighted by Gasteiger charge is -2.24. The fourth-order valence-corrected chi connectivity index (χ4v) is 3.30. The van der Waals surface area contributed by atoms with Gasteiger partial charge in [0.1, 0.15) is 0 Å². The van der Waals surface area contributed by atoms with Crippen LogP contribution in [0, 0.1) is 0 Å². The summed E-state index contributed by atoms with van der Waals surface area (Å²) in [4.78, 5) is 17.6. The monoisotopic (exact) mass is 330 g/mol. The molecule has 1 aromatic carbocycles. The van der Waals surface area contributed by atoms with Crippen molar-refractivity contribution in [1.82, 2.24) is 9.88 Å². The molecule has 0 radical (unpaired) electrons. The van der Waals surface area contributed by atoms with Crippen molar-refractivity contribution in [1.29, 1.82) is 0 Å². The van der Waals surface area contributed by atoms with Crippen LogP contribution in [0.15, 0.2) is 36.5 Å². The number of hydrogen-bond donors (Lipinski definition) is 1. The van der Waals surface area contributed by atoms with E-state index in [1.807, 2.05) is 12.1 Å². The number of hydrogen-bond acceptors (Lipinski definition) is 3. The Morgan fingerprint density at radius 1 is 1.26 bits per heavy atom. The van der Waals surface area contributed by atoms with Gasteiger partial charge in [-0.3, -0.25) is 9.88 Å². The van der Waals surface area contributed by atoms with Gasteiger partial charge in [0, 0.05) is 17.8 Å². The number of likely N-dealkylation sites (tertiary alicyclic amines) is 1. The van der Waals surface area contributed by atoms with Crippen LogP contribution in [0.2, 0.25) is 5.02 Å². The molecule has 1 fully saturated rings. The summed E-state index contributed by atoms with van der Waals surface area (Å²) in [6.45, 7) is 4.55. The van der Waals surface area contributed by atoms with E-state index >= 15 is 0 Å². The summed E-state index contributed by atoms with van der Waals surface area (Å²) in [7, 11) is 0. The van der Waals surface area contributed by atoms with Crippen LogP contribution in [-0.2, 0) is 0 Å². The molecule has 0 bridgehead atoms. The number of carbonyl (C=O) groups is 1. The molecule has 2 heterocycles. The summed E-state index contributed by atoms with van der Waals surface area (Å²) in [5, 5.41) is 9.32. The lowest BCUT2D eigenvalue weighted by molar-refractivity contribution is 0.0696. The number of nitrogens with zero attached hydrogens (tertiary/aromatic N) is 2. The number of aromatic carboxylic acids is 1. The van der Waals surface area contributed by atoms with Gasteiger partial charge in [-0.1, -0.05) is 35.9 Å². The molecule has 1 saturated heterocycles. The first-order chi connectivity index (χ1) is 11.1. The van der Waals surface area contributed by atoms with Gasteiger partial charge in [0.25, 0.3) is 0 Å². The molecule has 0 amide bonds. The molecule has 3 rings (SSSR count). The van der Waals surface area contributed by atoms with Gasteiger partial charge in [-0.05, 0) is 44.5 Å². The van der Waals surface area contributed by atoms with Gasteiger partial charge >= 0.3 is 5.97 Å². The van der Waals surface area contributed by atoms with Gasteiger partial charge in [0.15, 0.2) is 0 Å². The molecule has 5 heteroatoms. The van der Waals surface area contributed by atoms with E-state index in [4.69, 9.17) is 16.7 Å². The third-order valence-electron chi connectivity index (χ3n) is 4.44. The van der Waals surface area contributed by atoms with Gasteiger partial charge in [-0.15, -0.1) is 0 Å². The highest BCUT2D eigenvalue weighted by Crippen LogP contribution is 2.29. The highest BCUT2D eigenvalue weighted by atomic mass is 35.5. The van der Waals surface area contributed by atoms with E-state index in [0.717, 1.165) is 18.7 Å². The van der Waals surface area contributed by atoms with Gasteiger partial charge in [-0.2, -0.15) is 0 Å². The topological polar surface area (TPSA) is 53.4 Å². The summed E-state index contributed by atoms with van der Waals surface area (Å²) in [5.74, 6) is -1.03. The van der Waals surface area contributed by atoms with E-state index in [-0.39, 0.29) is 5.56 Å². The molecular formula is C18H19ClN2O2. The molecule has 1 unspecified atom stereocenters. The molecule has 23 heavy (non-hydrogen) atoms. The number of carboxylic acid groups (broad SMARTS) is 1. The Hall–Kier alpha value is -1.91. The molecule has 2 aromatic rings. The Labute approximate surface area is 140 Å². The first kappa shape index (κ1) is 16.0. The summed E-state index contributed by atoms with van der Waals surface area (Å²) >= 11 is 6.18. The second kappa shape index (κ2) is 6.69. The molecule has 1 aromatic heterocycles. The molecule has 0 spiro atoms. The van der Waals surface area contributed by atoms with Crippen molar-refractivity contribution >= 4 is 17.6 Å². The van der Waals surface area contributed by atoms with E-state index in [1.165, 1.54) is 30.7 Å². The maximum absolute atomic E-state index is 10.9. The minimum absolute atomic E-state index is 0.0954. The Morgan fingerprint density at radius 2 is 1.91 bits per heavy atom. The second-order valence-corrected chi connectivity index (χ2v) is 6.31. The van der Waals surface area contributed by atoms with E-state index in [1.54, 1.807) is 0 Å². The quantitative estimate of drug-likeness (QED) is 0.910. The summed E-state index contributed by atoms with van der Waals surface area (Å²) in [6.07, 6.45) is 3.89. The number of aromatic nitrogens is 1. The first-order valence-electron chi connectivity index (χ1n) is 7.79. The van der Waals surface area contributed by atoms with Crippen molar-refractivity contribution in [2.75, 3.05) is 13.1 Å². The molecule has 120 valence electrons. The number of rotatable bonds is 4. The third kappa shape index (κ3) is 3.38. The van der Waals surface area contributed by atoms with Crippen LogP contribution in [0.25, 0.3) is 11.3 Å². The number of pyridine rings is 1. The minimum atomic E-state index is -1.03. The van der Waals surface area contributed by atoms with Crippen LogP contribution in [0.3, 0.4) is 0 Å². The van der Waals surface area contributed by atoms with Crippen molar-refractivity contribution in [3.05, 3.63) is 52.7 Å². The average molecular weight is 331 g/mol. The molecule has 1 atom stereocenters. The molecule has 1 aliphatic heterocycles. The number of carboxylic acids is 1. The van der Waals surface area contributed by atoms with Crippen molar-refractivity contribution < 1.29 is 9.90 Å². The van der Waals surface area contributed by atoms with Gasteiger partial charge in [0.2, 0.25) is 0 Å². The van der Waals surface area contributed by atoms with Gasteiger partial charge in [0.05, 0.1) is 16.3 Å². The standard InChI is InChI=1S/C18H19ClN2O2/c1-12(21-8-2-3-9-21)13-4-6-14(7-5-13)17-16(19)10-15(11-20-17)18(22)23/h4-7,10-12H,2-3,8-9H2,1H3,(H,22,23). The summed E-state index contributed by atoms with van der Waals surface area (Å²) < 4.78 is 0. The SMILES string of the molecule is CC(c1ccc(-c2ncc(C(=O)O)cc2Cl)cc1)N1CCCC1. The van der Waals surface area contributed by atoms with Crippen molar-refractivity contribution in [2.24, 2.45) is 0 Å². The third-order valence-corrected chi connectivity index (χ3v) is 4.73.